The average Bonchev–Trinajstić information content (AvgIpc) is 3.49. The lowest BCUT2D eigenvalue weighted by Crippen LogP contribution is -2.58. The third-order valence-corrected chi connectivity index (χ3v) is 7.45. The van der Waals surface area contributed by atoms with Crippen LogP contribution in [-0.4, -0.2) is 88.0 Å². The van der Waals surface area contributed by atoms with E-state index in [1.54, 1.807) is 25.8 Å². The molecule has 3 heterocycles. The summed E-state index contributed by atoms with van der Waals surface area (Å²) in [6, 6.07) is 4.37. The Labute approximate surface area is 199 Å². The second-order valence-electron chi connectivity index (χ2n) is 9.69. The maximum atomic E-state index is 13.7. The van der Waals surface area contributed by atoms with Gasteiger partial charge in [0.25, 0.3) is 0 Å². The normalized spacial score (nSPS) is 24.7. The van der Waals surface area contributed by atoms with Gasteiger partial charge in [-0.05, 0) is 51.4 Å². The van der Waals surface area contributed by atoms with Crippen molar-refractivity contribution in [2.24, 2.45) is 0 Å². The van der Waals surface area contributed by atoms with Gasteiger partial charge in [-0.2, -0.15) is 0 Å². The van der Waals surface area contributed by atoms with Gasteiger partial charge in [0.1, 0.15) is 6.04 Å². The molecule has 0 unspecified atom stereocenters. The number of fused-ring (bicyclic) bond motifs is 2. The molecule has 0 radical (unpaired) electrons. The van der Waals surface area contributed by atoms with E-state index in [9.17, 15) is 19.5 Å². The number of carbonyl (C=O) groups is 3. The summed E-state index contributed by atoms with van der Waals surface area (Å²) in [7, 11) is 1.66. The molecule has 2 aliphatic rings. The van der Waals surface area contributed by atoms with Crippen molar-refractivity contribution in [2.45, 2.75) is 70.3 Å². The molecule has 184 valence electrons. The number of benzene rings is 1. The molecule has 34 heavy (non-hydrogen) atoms. The Balaban J connectivity index is 1.68. The van der Waals surface area contributed by atoms with Crippen molar-refractivity contribution < 1.29 is 19.5 Å². The van der Waals surface area contributed by atoms with Gasteiger partial charge >= 0.3 is 0 Å². The molecular weight excluding hydrogens is 434 g/mol. The third-order valence-electron chi connectivity index (χ3n) is 7.45. The van der Waals surface area contributed by atoms with Gasteiger partial charge in [-0.3, -0.25) is 14.4 Å². The number of nitrogens with one attached hydrogen (secondary N) is 3. The van der Waals surface area contributed by atoms with E-state index in [2.05, 4.69) is 33.8 Å². The fourth-order valence-corrected chi connectivity index (χ4v) is 5.53. The quantitative estimate of drug-likeness (QED) is 0.501. The van der Waals surface area contributed by atoms with Gasteiger partial charge in [-0.1, -0.05) is 12.1 Å². The average molecular weight is 470 g/mol. The van der Waals surface area contributed by atoms with Crippen molar-refractivity contribution in [3.05, 3.63) is 35.5 Å². The van der Waals surface area contributed by atoms with Gasteiger partial charge in [0.05, 0.1) is 24.2 Å². The van der Waals surface area contributed by atoms with Crippen molar-refractivity contribution in [2.75, 3.05) is 20.1 Å². The fraction of sp³-hybridized carbons (Fsp3) is 0.560. The standard InChI is InChI=1S/C25H35N5O4/c1-13-6-7-17-18(11-27-20(17)10-13)19-12-30(16(4)32)21-8-9-29(23(19)21)25(34)22(15(3)31)28-24(33)14(2)26-5/h6-7,10-11,14-15,19,21-23,26-27,31H,8-9,12H2,1-5H3,(H,28,33)/t14-,15+,19+,21+,22-,23+/m0/s1. The van der Waals surface area contributed by atoms with Crippen LogP contribution in [0.25, 0.3) is 10.9 Å². The van der Waals surface area contributed by atoms with Gasteiger partial charge in [-0.25, -0.2) is 0 Å². The highest BCUT2D eigenvalue weighted by Gasteiger charge is 2.53. The van der Waals surface area contributed by atoms with Crippen LogP contribution in [0.1, 0.15) is 44.2 Å². The van der Waals surface area contributed by atoms with E-state index < -0.39 is 18.2 Å². The van der Waals surface area contributed by atoms with Crippen LogP contribution < -0.4 is 10.6 Å². The monoisotopic (exact) mass is 469 g/mol. The number of likely N-dealkylation sites (tertiary alicyclic amines) is 2. The van der Waals surface area contributed by atoms with Crippen LogP contribution in [0.5, 0.6) is 0 Å². The van der Waals surface area contributed by atoms with Crippen LogP contribution in [0, 0.1) is 6.92 Å². The van der Waals surface area contributed by atoms with Gasteiger partial charge in [0, 0.05) is 43.0 Å². The first-order valence-electron chi connectivity index (χ1n) is 11.9. The Morgan fingerprint density at radius 1 is 1.21 bits per heavy atom. The zero-order valence-electron chi connectivity index (χ0n) is 20.5. The summed E-state index contributed by atoms with van der Waals surface area (Å²) in [6.45, 7) is 7.81. The molecule has 1 aromatic carbocycles. The molecule has 4 rings (SSSR count). The molecule has 2 saturated heterocycles. The Morgan fingerprint density at radius 2 is 1.94 bits per heavy atom. The van der Waals surface area contributed by atoms with Crippen molar-refractivity contribution in [1.29, 1.82) is 0 Å². The first kappa shape index (κ1) is 24.2. The summed E-state index contributed by atoms with van der Waals surface area (Å²) in [5, 5.41) is 17.0. The number of aromatic nitrogens is 1. The van der Waals surface area contributed by atoms with Crippen molar-refractivity contribution in [3.63, 3.8) is 0 Å². The van der Waals surface area contributed by atoms with E-state index >= 15 is 0 Å². The van der Waals surface area contributed by atoms with Crippen molar-refractivity contribution in [3.8, 4) is 0 Å². The second-order valence-corrected chi connectivity index (χ2v) is 9.69. The van der Waals surface area contributed by atoms with Crippen molar-refractivity contribution in [1.82, 2.24) is 25.4 Å². The Hall–Kier alpha value is -2.91. The number of hydrogen-bond donors (Lipinski definition) is 4. The Bertz CT molecular complexity index is 1100. The smallest absolute Gasteiger partial charge is 0.248 e. The molecule has 0 bridgehead atoms. The molecule has 3 amide bonds. The minimum absolute atomic E-state index is 0.00860. The number of nitrogens with zero attached hydrogens (tertiary/aromatic N) is 2. The van der Waals surface area contributed by atoms with E-state index in [4.69, 9.17) is 0 Å². The van der Waals surface area contributed by atoms with Crippen molar-refractivity contribution >= 4 is 28.6 Å². The van der Waals surface area contributed by atoms with Crippen LogP contribution >= 0.6 is 0 Å². The summed E-state index contributed by atoms with van der Waals surface area (Å²) in [5.41, 5.74) is 3.26. The summed E-state index contributed by atoms with van der Waals surface area (Å²) >= 11 is 0. The highest BCUT2D eigenvalue weighted by Crippen LogP contribution is 2.43. The van der Waals surface area contributed by atoms with Gasteiger partial charge in [0.15, 0.2) is 0 Å². The number of H-pyrrole nitrogens is 1. The van der Waals surface area contributed by atoms with Crippen LogP contribution in [0.3, 0.4) is 0 Å². The molecule has 0 aliphatic carbocycles. The lowest BCUT2D eigenvalue weighted by molar-refractivity contribution is -0.140. The Kier molecular flexibility index (Phi) is 6.69. The number of hydrogen-bond acceptors (Lipinski definition) is 5. The molecule has 9 nitrogen and oxygen atoms in total. The first-order chi connectivity index (χ1) is 16.1. The molecule has 2 aliphatic heterocycles. The third kappa shape index (κ3) is 4.18. The summed E-state index contributed by atoms with van der Waals surface area (Å²) in [4.78, 5) is 45.7. The van der Waals surface area contributed by atoms with Crippen LogP contribution in [0.2, 0.25) is 0 Å². The number of amides is 3. The lowest BCUT2D eigenvalue weighted by Gasteiger charge is -2.33. The van der Waals surface area contributed by atoms with E-state index in [0.29, 0.717) is 19.5 Å². The number of aliphatic hydroxyl groups is 1. The van der Waals surface area contributed by atoms with Gasteiger partial charge < -0.3 is 30.5 Å². The van der Waals surface area contributed by atoms with Gasteiger partial charge in [-0.15, -0.1) is 0 Å². The molecule has 6 atom stereocenters. The topological polar surface area (TPSA) is 118 Å². The fourth-order valence-electron chi connectivity index (χ4n) is 5.53. The predicted molar refractivity (Wildman–Crippen MR) is 129 cm³/mol. The van der Waals surface area contributed by atoms with E-state index in [1.807, 2.05) is 18.0 Å². The van der Waals surface area contributed by atoms with Crippen LogP contribution in [0.15, 0.2) is 24.4 Å². The maximum Gasteiger partial charge on any atom is 0.248 e. The first-order valence-corrected chi connectivity index (χ1v) is 11.9. The summed E-state index contributed by atoms with van der Waals surface area (Å²) < 4.78 is 0. The predicted octanol–water partition coefficient (Wildman–Crippen LogP) is 0.865. The zero-order valence-corrected chi connectivity index (χ0v) is 20.5. The molecular formula is C25H35N5O4. The molecule has 0 spiro atoms. The van der Waals surface area contributed by atoms with Crippen LogP contribution in [-0.2, 0) is 14.4 Å². The maximum absolute atomic E-state index is 13.7. The minimum atomic E-state index is -1.06. The van der Waals surface area contributed by atoms with E-state index in [0.717, 1.165) is 22.0 Å². The molecule has 0 saturated carbocycles. The summed E-state index contributed by atoms with van der Waals surface area (Å²) in [5.74, 6) is -0.743. The van der Waals surface area contributed by atoms with Gasteiger partial charge in [0.2, 0.25) is 17.7 Å². The molecule has 9 heteroatoms. The number of aromatic amines is 1. The number of likely N-dealkylation sites (N-methyl/N-ethyl adjacent to an activating group) is 1. The molecule has 1 aromatic heterocycles. The summed E-state index contributed by atoms with van der Waals surface area (Å²) in [6.07, 6.45) is 1.60. The highest BCUT2D eigenvalue weighted by atomic mass is 16.3. The Morgan fingerprint density at radius 3 is 2.59 bits per heavy atom. The number of rotatable bonds is 6. The lowest BCUT2D eigenvalue weighted by atomic mass is 9.90. The SMILES string of the molecule is CN[C@@H](C)C(=O)N[C@H](C(=O)N1CC[C@@H]2[C@H]1[C@@H](c1c[nH]c3cc(C)ccc13)CN2C(C)=O)[C@@H](C)O. The number of carbonyl (C=O) groups excluding carboxylic acids is 3. The molecule has 4 N–H and O–H groups in total. The molecule has 2 aromatic rings. The highest BCUT2D eigenvalue weighted by molar-refractivity contribution is 5.91. The second kappa shape index (κ2) is 9.38. The van der Waals surface area contributed by atoms with E-state index in [1.165, 1.54) is 6.92 Å². The number of aryl methyl sites for hydroxylation is 1. The number of aliphatic hydroxyl groups excluding tert-OH is 1. The van der Waals surface area contributed by atoms with Crippen LogP contribution in [0.4, 0.5) is 0 Å². The zero-order chi connectivity index (χ0) is 24.7. The largest absolute Gasteiger partial charge is 0.391 e. The minimum Gasteiger partial charge on any atom is -0.391 e. The van der Waals surface area contributed by atoms with E-state index in [-0.39, 0.29) is 35.7 Å². The molecule has 2 fully saturated rings.